The normalized spacial score (nSPS) is 20.4. The standard InChI is InChI=1S/C10H11Cl2N3O2/c11-8-5-7(9(12)14-13-8)15-4-2-1-3-6(15)10(16)17/h5-6H,1-4H2,(H,16,17). The van der Waals surface area contributed by atoms with Gasteiger partial charge in [-0.05, 0) is 19.3 Å². The van der Waals surface area contributed by atoms with Crippen LogP contribution in [0.4, 0.5) is 5.69 Å². The van der Waals surface area contributed by atoms with Crippen molar-refractivity contribution in [1.82, 2.24) is 10.2 Å². The molecule has 92 valence electrons. The summed E-state index contributed by atoms with van der Waals surface area (Å²) in [6, 6.07) is 0.986. The van der Waals surface area contributed by atoms with Crippen LogP contribution < -0.4 is 4.90 Å². The highest BCUT2D eigenvalue weighted by Gasteiger charge is 2.30. The second-order valence-corrected chi connectivity index (χ2v) is 4.63. The van der Waals surface area contributed by atoms with Crippen LogP contribution >= 0.6 is 23.2 Å². The highest BCUT2D eigenvalue weighted by molar-refractivity contribution is 6.33. The van der Waals surface area contributed by atoms with Gasteiger partial charge in [-0.15, -0.1) is 10.2 Å². The lowest BCUT2D eigenvalue weighted by Gasteiger charge is -2.34. The molecule has 0 bridgehead atoms. The first-order valence-corrected chi connectivity index (χ1v) is 6.03. The molecule has 2 rings (SSSR count). The van der Waals surface area contributed by atoms with Crippen LogP contribution in [0.15, 0.2) is 6.07 Å². The Kier molecular flexibility index (Phi) is 3.69. The number of hydrogen-bond acceptors (Lipinski definition) is 4. The summed E-state index contributed by atoms with van der Waals surface area (Å²) in [5.41, 5.74) is 0.541. The molecule has 0 amide bonds. The quantitative estimate of drug-likeness (QED) is 0.897. The first-order valence-electron chi connectivity index (χ1n) is 5.28. The summed E-state index contributed by atoms with van der Waals surface area (Å²) in [5.74, 6) is -0.853. The van der Waals surface area contributed by atoms with Gasteiger partial charge in [0.25, 0.3) is 0 Å². The fraction of sp³-hybridized carbons (Fsp3) is 0.500. The number of halogens is 2. The molecule has 0 radical (unpaired) electrons. The molecule has 1 aromatic rings. The summed E-state index contributed by atoms with van der Waals surface area (Å²) >= 11 is 11.7. The highest BCUT2D eigenvalue weighted by Crippen LogP contribution is 2.30. The Morgan fingerprint density at radius 1 is 1.41 bits per heavy atom. The number of carbonyl (C=O) groups is 1. The Hall–Kier alpha value is -1.07. The molecule has 17 heavy (non-hydrogen) atoms. The van der Waals surface area contributed by atoms with E-state index in [0.717, 1.165) is 12.8 Å². The molecule has 1 saturated heterocycles. The molecule has 1 aliphatic heterocycles. The SMILES string of the molecule is O=C(O)C1CCCCN1c1cc(Cl)nnc1Cl. The van der Waals surface area contributed by atoms with E-state index in [4.69, 9.17) is 23.2 Å². The summed E-state index contributed by atoms with van der Waals surface area (Å²) in [5, 5.41) is 16.9. The van der Waals surface area contributed by atoms with Crippen molar-refractivity contribution in [3.8, 4) is 0 Å². The Morgan fingerprint density at radius 3 is 2.88 bits per heavy atom. The van der Waals surface area contributed by atoms with Gasteiger partial charge >= 0.3 is 5.97 Å². The Bertz CT molecular complexity index is 442. The molecular formula is C10H11Cl2N3O2. The second kappa shape index (κ2) is 5.06. The van der Waals surface area contributed by atoms with Crippen molar-refractivity contribution in [3.05, 3.63) is 16.4 Å². The first kappa shape index (κ1) is 12.4. The van der Waals surface area contributed by atoms with Crippen LogP contribution in [0.1, 0.15) is 19.3 Å². The average Bonchev–Trinajstić information content (AvgIpc) is 2.32. The predicted molar refractivity (Wildman–Crippen MR) is 64.7 cm³/mol. The van der Waals surface area contributed by atoms with E-state index in [0.29, 0.717) is 18.7 Å². The first-order chi connectivity index (χ1) is 8.09. The average molecular weight is 276 g/mol. The minimum Gasteiger partial charge on any atom is -0.480 e. The molecule has 0 spiro atoms. The van der Waals surface area contributed by atoms with Crippen LogP contribution in [0.3, 0.4) is 0 Å². The van der Waals surface area contributed by atoms with Crippen molar-refractivity contribution >= 4 is 34.9 Å². The maximum absolute atomic E-state index is 11.2. The maximum Gasteiger partial charge on any atom is 0.326 e. The molecular weight excluding hydrogens is 265 g/mol. The van der Waals surface area contributed by atoms with Gasteiger partial charge in [0.15, 0.2) is 10.3 Å². The summed E-state index contributed by atoms with van der Waals surface area (Å²) in [4.78, 5) is 12.9. The minimum atomic E-state index is -0.853. The monoisotopic (exact) mass is 275 g/mol. The molecule has 1 aliphatic rings. The Balaban J connectivity index is 2.35. The van der Waals surface area contributed by atoms with Crippen molar-refractivity contribution < 1.29 is 9.90 Å². The molecule has 2 heterocycles. The minimum absolute atomic E-state index is 0.183. The van der Waals surface area contributed by atoms with Crippen LogP contribution in [0.5, 0.6) is 0 Å². The second-order valence-electron chi connectivity index (χ2n) is 3.89. The molecule has 7 heteroatoms. The molecule has 0 aromatic carbocycles. The van der Waals surface area contributed by atoms with Gasteiger partial charge in [0.2, 0.25) is 0 Å². The van der Waals surface area contributed by atoms with Crippen LogP contribution in [-0.2, 0) is 4.79 Å². The van der Waals surface area contributed by atoms with Gasteiger partial charge < -0.3 is 10.0 Å². The zero-order valence-electron chi connectivity index (χ0n) is 8.94. The molecule has 5 nitrogen and oxygen atoms in total. The summed E-state index contributed by atoms with van der Waals surface area (Å²) in [7, 11) is 0. The summed E-state index contributed by atoms with van der Waals surface area (Å²) < 4.78 is 0. The van der Waals surface area contributed by atoms with Crippen molar-refractivity contribution in [2.45, 2.75) is 25.3 Å². The molecule has 1 N–H and O–H groups in total. The number of carboxylic acid groups (broad SMARTS) is 1. The Morgan fingerprint density at radius 2 is 2.18 bits per heavy atom. The van der Waals surface area contributed by atoms with E-state index < -0.39 is 12.0 Å². The number of aliphatic carboxylic acids is 1. The fourth-order valence-corrected chi connectivity index (χ4v) is 2.36. The van der Waals surface area contributed by atoms with E-state index in [1.54, 1.807) is 11.0 Å². The van der Waals surface area contributed by atoms with Crippen LogP contribution in [-0.4, -0.2) is 33.9 Å². The van der Waals surface area contributed by atoms with Crippen molar-refractivity contribution in [2.75, 3.05) is 11.4 Å². The number of aromatic nitrogens is 2. The van der Waals surface area contributed by atoms with Crippen molar-refractivity contribution in [3.63, 3.8) is 0 Å². The van der Waals surface area contributed by atoms with Gasteiger partial charge in [-0.2, -0.15) is 0 Å². The van der Waals surface area contributed by atoms with E-state index >= 15 is 0 Å². The number of hydrogen-bond donors (Lipinski definition) is 1. The lowest BCUT2D eigenvalue weighted by atomic mass is 10.0. The maximum atomic E-state index is 11.2. The lowest BCUT2D eigenvalue weighted by Crippen LogP contribution is -2.45. The molecule has 1 unspecified atom stereocenters. The van der Waals surface area contributed by atoms with E-state index in [-0.39, 0.29) is 10.3 Å². The van der Waals surface area contributed by atoms with Crippen LogP contribution in [0, 0.1) is 0 Å². The van der Waals surface area contributed by atoms with E-state index in [1.807, 2.05) is 0 Å². The van der Waals surface area contributed by atoms with Crippen LogP contribution in [0.25, 0.3) is 0 Å². The number of carboxylic acids is 1. The number of anilines is 1. The van der Waals surface area contributed by atoms with E-state index in [2.05, 4.69) is 10.2 Å². The van der Waals surface area contributed by atoms with Crippen molar-refractivity contribution in [2.24, 2.45) is 0 Å². The largest absolute Gasteiger partial charge is 0.480 e. The number of nitrogens with zero attached hydrogens (tertiary/aromatic N) is 3. The highest BCUT2D eigenvalue weighted by atomic mass is 35.5. The number of piperidine rings is 1. The van der Waals surface area contributed by atoms with E-state index in [9.17, 15) is 9.90 Å². The zero-order chi connectivity index (χ0) is 12.4. The third kappa shape index (κ3) is 2.61. The van der Waals surface area contributed by atoms with Crippen LogP contribution in [0.2, 0.25) is 10.3 Å². The molecule has 1 aromatic heterocycles. The zero-order valence-corrected chi connectivity index (χ0v) is 10.4. The predicted octanol–water partition coefficient (Wildman–Crippen LogP) is 2.23. The third-order valence-electron chi connectivity index (χ3n) is 2.80. The van der Waals surface area contributed by atoms with E-state index in [1.165, 1.54) is 0 Å². The van der Waals surface area contributed by atoms with Crippen molar-refractivity contribution in [1.29, 1.82) is 0 Å². The lowest BCUT2D eigenvalue weighted by molar-refractivity contribution is -0.139. The third-order valence-corrected chi connectivity index (χ3v) is 3.25. The summed E-state index contributed by atoms with van der Waals surface area (Å²) in [6.45, 7) is 0.638. The molecule has 0 aliphatic carbocycles. The molecule has 1 atom stereocenters. The topological polar surface area (TPSA) is 66.3 Å². The molecule has 1 fully saturated rings. The van der Waals surface area contributed by atoms with Gasteiger partial charge in [-0.3, -0.25) is 0 Å². The summed E-state index contributed by atoms with van der Waals surface area (Å²) in [6.07, 6.45) is 2.43. The van der Waals surface area contributed by atoms with Gasteiger partial charge in [0, 0.05) is 12.6 Å². The van der Waals surface area contributed by atoms with Gasteiger partial charge in [0.05, 0.1) is 5.69 Å². The van der Waals surface area contributed by atoms with Gasteiger partial charge in [-0.1, -0.05) is 23.2 Å². The smallest absolute Gasteiger partial charge is 0.326 e. The Labute approximate surface area is 108 Å². The fourth-order valence-electron chi connectivity index (χ4n) is 2.02. The van der Waals surface area contributed by atoms with Gasteiger partial charge in [0.1, 0.15) is 6.04 Å². The number of rotatable bonds is 2. The molecule has 0 saturated carbocycles. The van der Waals surface area contributed by atoms with Gasteiger partial charge in [-0.25, -0.2) is 4.79 Å².